The van der Waals surface area contributed by atoms with Gasteiger partial charge >= 0.3 is 12.0 Å². The number of hydrogen-bond donors (Lipinski definition) is 3. The number of carbonyl (C=O) groups excluding carboxylic acids is 1. The van der Waals surface area contributed by atoms with Crippen LogP contribution in [0.1, 0.15) is 33.1 Å². The van der Waals surface area contributed by atoms with E-state index in [1.807, 2.05) is 38.1 Å². The Bertz CT molecular complexity index is 503. The van der Waals surface area contributed by atoms with Gasteiger partial charge in [0.05, 0.1) is 5.69 Å². The van der Waals surface area contributed by atoms with Crippen LogP contribution < -0.4 is 10.6 Å². The first-order chi connectivity index (χ1) is 9.80. The minimum absolute atomic E-state index is 0.104. The number of carboxylic acid groups (broad SMARTS) is 1. The van der Waals surface area contributed by atoms with Crippen LogP contribution in [0.5, 0.6) is 0 Å². The fourth-order valence-electron chi connectivity index (χ4n) is 1.81. The Morgan fingerprint density at radius 3 is 2.52 bits per heavy atom. The normalized spacial score (nSPS) is 11.0. The highest BCUT2D eigenvalue weighted by molar-refractivity contribution is 14.1. The number of hydrogen-bond acceptors (Lipinski definition) is 2. The van der Waals surface area contributed by atoms with Crippen molar-refractivity contribution in [1.82, 2.24) is 5.32 Å². The highest BCUT2D eigenvalue weighted by atomic mass is 127. The van der Waals surface area contributed by atoms with Crippen LogP contribution in [-0.4, -0.2) is 23.7 Å². The average molecular weight is 404 g/mol. The van der Waals surface area contributed by atoms with Crippen molar-refractivity contribution in [3.05, 3.63) is 27.8 Å². The highest BCUT2D eigenvalue weighted by Gasteiger charge is 2.19. The van der Waals surface area contributed by atoms with E-state index in [4.69, 9.17) is 5.11 Å². The van der Waals surface area contributed by atoms with E-state index in [1.54, 1.807) is 0 Å². The number of amides is 2. The van der Waals surface area contributed by atoms with Gasteiger partial charge in [-0.25, -0.2) is 4.79 Å². The number of carbonyl (C=O) groups is 2. The maximum atomic E-state index is 11.8. The second-order valence-corrected chi connectivity index (χ2v) is 6.83. The van der Waals surface area contributed by atoms with Crippen molar-refractivity contribution < 1.29 is 14.7 Å². The maximum Gasteiger partial charge on any atom is 0.319 e. The zero-order valence-electron chi connectivity index (χ0n) is 12.3. The molecule has 0 saturated heterocycles. The summed E-state index contributed by atoms with van der Waals surface area (Å²) >= 11 is 2.16. The first kappa shape index (κ1) is 17.7. The van der Waals surface area contributed by atoms with Crippen LogP contribution in [0.15, 0.2) is 24.3 Å². The monoisotopic (exact) mass is 404 g/mol. The van der Waals surface area contributed by atoms with Gasteiger partial charge in [-0.05, 0) is 53.0 Å². The third kappa shape index (κ3) is 7.31. The molecule has 3 N–H and O–H groups in total. The Morgan fingerprint density at radius 1 is 1.24 bits per heavy atom. The van der Waals surface area contributed by atoms with Gasteiger partial charge in [-0.1, -0.05) is 26.0 Å². The molecule has 0 unspecified atom stereocenters. The molecule has 0 aromatic heterocycles. The largest absolute Gasteiger partial charge is 0.481 e. The molecule has 0 aliphatic carbocycles. The quantitative estimate of drug-likeness (QED) is 0.607. The molecule has 0 aliphatic heterocycles. The number of nitrogens with one attached hydrogen (secondary N) is 2. The van der Waals surface area contributed by atoms with E-state index in [0.29, 0.717) is 13.0 Å². The van der Waals surface area contributed by atoms with Crippen molar-refractivity contribution in [2.45, 2.75) is 33.1 Å². The summed E-state index contributed by atoms with van der Waals surface area (Å²) in [7, 11) is 0. The average Bonchev–Trinajstić information content (AvgIpc) is 2.39. The summed E-state index contributed by atoms with van der Waals surface area (Å²) in [5.74, 6) is -0.785. The number of aliphatic carboxylic acids is 1. The Balaban J connectivity index is 2.33. The van der Waals surface area contributed by atoms with E-state index < -0.39 is 5.97 Å². The fraction of sp³-hybridized carbons (Fsp3) is 0.467. The number of para-hydroxylation sites is 1. The first-order valence-corrected chi connectivity index (χ1v) is 7.89. The topological polar surface area (TPSA) is 78.4 Å². The van der Waals surface area contributed by atoms with Gasteiger partial charge in [-0.3, -0.25) is 4.79 Å². The number of carboxylic acids is 1. The SMILES string of the molecule is CC(C)(CCNC(=O)Nc1ccccc1I)CCC(=O)O. The summed E-state index contributed by atoms with van der Waals surface area (Å²) in [6, 6.07) is 7.31. The third-order valence-electron chi connectivity index (χ3n) is 3.23. The molecule has 5 nitrogen and oxygen atoms in total. The molecule has 0 atom stereocenters. The Morgan fingerprint density at radius 2 is 1.90 bits per heavy atom. The molecule has 1 rings (SSSR count). The molecule has 116 valence electrons. The third-order valence-corrected chi connectivity index (χ3v) is 4.17. The summed E-state index contributed by atoms with van der Waals surface area (Å²) < 4.78 is 0.979. The number of urea groups is 1. The summed E-state index contributed by atoms with van der Waals surface area (Å²) in [5.41, 5.74) is 0.674. The van der Waals surface area contributed by atoms with Crippen molar-refractivity contribution >= 4 is 40.3 Å². The number of benzene rings is 1. The standard InChI is InChI=1S/C15H21IN2O3/c1-15(2,8-7-13(19)20)9-10-17-14(21)18-12-6-4-3-5-11(12)16/h3-6H,7-10H2,1-2H3,(H,19,20)(H2,17,18,21). The number of rotatable bonds is 7. The lowest BCUT2D eigenvalue weighted by molar-refractivity contribution is -0.137. The van der Waals surface area contributed by atoms with Crippen LogP contribution >= 0.6 is 22.6 Å². The lowest BCUT2D eigenvalue weighted by Gasteiger charge is -2.23. The van der Waals surface area contributed by atoms with Crippen LogP contribution in [0.4, 0.5) is 10.5 Å². The predicted octanol–water partition coefficient (Wildman–Crippen LogP) is 3.69. The van der Waals surface area contributed by atoms with Crippen LogP contribution in [0, 0.1) is 8.99 Å². The minimum Gasteiger partial charge on any atom is -0.481 e. The zero-order valence-corrected chi connectivity index (χ0v) is 14.4. The molecule has 0 heterocycles. The van der Waals surface area contributed by atoms with Crippen LogP contribution in [-0.2, 0) is 4.79 Å². The van der Waals surface area contributed by atoms with Crippen molar-refractivity contribution in [2.24, 2.45) is 5.41 Å². The Labute approximate surface area is 138 Å². The van der Waals surface area contributed by atoms with Gasteiger partial charge in [-0.2, -0.15) is 0 Å². The number of anilines is 1. The van der Waals surface area contributed by atoms with Crippen molar-refractivity contribution in [2.75, 3.05) is 11.9 Å². The van der Waals surface area contributed by atoms with Gasteiger partial charge in [0.25, 0.3) is 0 Å². The van der Waals surface area contributed by atoms with E-state index >= 15 is 0 Å². The predicted molar refractivity (Wildman–Crippen MR) is 91.4 cm³/mol. The first-order valence-electron chi connectivity index (χ1n) is 6.81. The smallest absolute Gasteiger partial charge is 0.319 e. The molecule has 0 saturated carbocycles. The maximum absolute atomic E-state index is 11.8. The zero-order chi connectivity index (χ0) is 15.9. The van der Waals surface area contributed by atoms with E-state index in [0.717, 1.165) is 15.7 Å². The Kier molecular flexibility index (Phi) is 6.94. The van der Waals surface area contributed by atoms with Gasteiger partial charge in [0.2, 0.25) is 0 Å². The van der Waals surface area contributed by atoms with Crippen molar-refractivity contribution in [1.29, 1.82) is 0 Å². The summed E-state index contributed by atoms with van der Waals surface area (Å²) in [5, 5.41) is 14.3. The van der Waals surface area contributed by atoms with Crippen LogP contribution in [0.2, 0.25) is 0 Å². The molecule has 0 aliphatic rings. The minimum atomic E-state index is -0.785. The summed E-state index contributed by atoms with van der Waals surface area (Å²) in [6.45, 7) is 4.53. The second-order valence-electron chi connectivity index (χ2n) is 5.67. The molecule has 1 aromatic carbocycles. The lowest BCUT2D eigenvalue weighted by Crippen LogP contribution is -2.32. The molecule has 0 bridgehead atoms. The number of halogens is 1. The molecular formula is C15H21IN2O3. The van der Waals surface area contributed by atoms with Gasteiger partial charge in [-0.15, -0.1) is 0 Å². The van der Waals surface area contributed by atoms with Gasteiger partial charge in [0, 0.05) is 16.5 Å². The van der Waals surface area contributed by atoms with E-state index in [-0.39, 0.29) is 17.9 Å². The molecule has 6 heteroatoms. The van der Waals surface area contributed by atoms with Crippen molar-refractivity contribution in [3.63, 3.8) is 0 Å². The molecular weight excluding hydrogens is 383 g/mol. The molecule has 0 radical (unpaired) electrons. The molecule has 0 fully saturated rings. The summed E-state index contributed by atoms with van der Waals surface area (Å²) in [6.07, 6.45) is 1.49. The molecule has 2 amide bonds. The molecule has 0 spiro atoms. The van der Waals surface area contributed by atoms with E-state index in [2.05, 4.69) is 33.2 Å². The molecule has 1 aromatic rings. The van der Waals surface area contributed by atoms with Crippen molar-refractivity contribution in [3.8, 4) is 0 Å². The Hall–Kier alpha value is -1.31. The summed E-state index contributed by atoms with van der Waals surface area (Å²) in [4.78, 5) is 22.4. The van der Waals surface area contributed by atoms with Crippen LogP contribution in [0.3, 0.4) is 0 Å². The molecule has 21 heavy (non-hydrogen) atoms. The van der Waals surface area contributed by atoms with Gasteiger partial charge < -0.3 is 15.7 Å². The second kappa shape index (κ2) is 8.21. The highest BCUT2D eigenvalue weighted by Crippen LogP contribution is 2.26. The fourth-order valence-corrected chi connectivity index (χ4v) is 2.34. The van der Waals surface area contributed by atoms with Crippen LogP contribution in [0.25, 0.3) is 0 Å². The lowest BCUT2D eigenvalue weighted by atomic mass is 9.84. The van der Waals surface area contributed by atoms with E-state index in [1.165, 1.54) is 0 Å². The van der Waals surface area contributed by atoms with E-state index in [9.17, 15) is 9.59 Å². The van der Waals surface area contributed by atoms with Gasteiger partial charge in [0.15, 0.2) is 0 Å². The van der Waals surface area contributed by atoms with Gasteiger partial charge in [0.1, 0.15) is 0 Å².